The van der Waals surface area contributed by atoms with Gasteiger partial charge in [-0.25, -0.2) is 4.98 Å². The van der Waals surface area contributed by atoms with Crippen LogP contribution < -0.4 is 11.1 Å². The Balaban J connectivity index is 0.000000413. The van der Waals surface area contributed by atoms with Crippen molar-refractivity contribution in [3.05, 3.63) is 45.6 Å². The van der Waals surface area contributed by atoms with E-state index in [9.17, 15) is 14.9 Å². The summed E-state index contributed by atoms with van der Waals surface area (Å²) < 4.78 is 0. The van der Waals surface area contributed by atoms with Crippen LogP contribution in [0, 0.1) is 10.1 Å². The van der Waals surface area contributed by atoms with Crippen LogP contribution >= 0.6 is 11.6 Å². The van der Waals surface area contributed by atoms with Crippen LogP contribution in [-0.4, -0.2) is 26.0 Å². The molecule has 1 heterocycles. The van der Waals surface area contributed by atoms with Crippen LogP contribution in [0.25, 0.3) is 0 Å². The molecule has 0 saturated carbocycles. The SMILES string of the molecule is CCCC(=O)O.Nc1nc(Nc2ccc(Cl)cc2)ncc1[N+](=O)[O-]. The summed E-state index contributed by atoms with van der Waals surface area (Å²) in [6.07, 6.45) is 2.08. The quantitative estimate of drug-likeness (QED) is 0.548. The van der Waals surface area contributed by atoms with Crippen molar-refractivity contribution in [2.24, 2.45) is 0 Å². The largest absolute Gasteiger partial charge is 0.481 e. The van der Waals surface area contributed by atoms with Crippen LogP contribution in [0.15, 0.2) is 30.5 Å². The number of carboxylic acids is 1. The summed E-state index contributed by atoms with van der Waals surface area (Å²) in [6, 6.07) is 6.84. The summed E-state index contributed by atoms with van der Waals surface area (Å²) in [4.78, 5) is 27.1. The molecule has 0 aliphatic carbocycles. The minimum absolute atomic E-state index is 0.181. The van der Waals surface area contributed by atoms with Gasteiger partial charge in [0, 0.05) is 17.1 Å². The molecule has 0 aliphatic rings. The van der Waals surface area contributed by atoms with Crippen molar-refractivity contribution >= 4 is 40.7 Å². The number of aliphatic carboxylic acids is 1. The van der Waals surface area contributed by atoms with Gasteiger partial charge in [-0.2, -0.15) is 4.98 Å². The summed E-state index contributed by atoms with van der Waals surface area (Å²) in [5, 5.41) is 21.9. The van der Waals surface area contributed by atoms with Crippen molar-refractivity contribution < 1.29 is 14.8 Å². The Bertz CT molecular complexity index is 709. The van der Waals surface area contributed by atoms with Crippen LogP contribution in [0.2, 0.25) is 5.02 Å². The van der Waals surface area contributed by atoms with Gasteiger partial charge in [0.25, 0.3) is 0 Å². The fourth-order valence-electron chi connectivity index (χ4n) is 1.47. The van der Waals surface area contributed by atoms with Gasteiger partial charge >= 0.3 is 11.7 Å². The number of nitrogens with one attached hydrogen (secondary N) is 1. The predicted octanol–water partition coefficient (Wildman–Crippen LogP) is 3.24. The van der Waals surface area contributed by atoms with Gasteiger partial charge in [-0.15, -0.1) is 0 Å². The third-order valence-electron chi connectivity index (χ3n) is 2.56. The number of nitrogens with two attached hydrogens (primary N) is 1. The van der Waals surface area contributed by atoms with Crippen molar-refractivity contribution in [1.29, 1.82) is 0 Å². The molecule has 2 rings (SSSR count). The van der Waals surface area contributed by atoms with E-state index < -0.39 is 10.9 Å². The molecule has 1 aromatic heterocycles. The second kappa shape index (κ2) is 9.26. The van der Waals surface area contributed by atoms with Crippen molar-refractivity contribution in [2.75, 3.05) is 11.1 Å². The van der Waals surface area contributed by atoms with Crippen LogP contribution in [0.1, 0.15) is 19.8 Å². The molecule has 0 atom stereocenters. The molecule has 0 radical (unpaired) electrons. The van der Waals surface area contributed by atoms with E-state index in [2.05, 4.69) is 15.3 Å². The van der Waals surface area contributed by atoms with Crippen molar-refractivity contribution in [2.45, 2.75) is 19.8 Å². The molecular weight excluding hydrogens is 338 g/mol. The van der Waals surface area contributed by atoms with Crippen molar-refractivity contribution in [3.63, 3.8) is 0 Å². The van der Waals surface area contributed by atoms with Gasteiger partial charge < -0.3 is 16.2 Å². The van der Waals surface area contributed by atoms with E-state index in [1.165, 1.54) is 0 Å². The summed E-state index contributed by atoms with van der Waals surface area (Å²) in [5.41, 5.74) is 5.83. The minimum atomic E-state index is -0.711. The maximum absolute atomic E-state index is 10.5. The molecule has 4 N–H and O–H groups in total. The molecule has 0 aliphatic heterocycles. The molecule has 24 heavy (non-hydrogen) atoms. The topological polar surface area (TPSA) is 144 Å². The van der Waals surface area contributed by atoms with E-state index in [4.69, 9.17) is 22.4 Å². The van der Waals surface area contributed by atoms with Gasteiger partial charge in [0.05, 0.1) is 4.92 Å². The second-order valence-electron chi connectivity index (χ2n) is 4.50. The third-order valence-corrected chi connectivity index (χ3v) is 2.81. The zero-order valence-corrected chi connectivity index (χ0v) is 13.5. The average molecular weight is 354 g/mol. The monoisotopic (exact) mass is 353 g/mol. The Labute approximate surface area is 142 Å². The average Bonchev–Trinajstić information content (AvgIpc) is 2.50. The zero-order valence-electron chi connectivity index (χ0n) is 12.8. The standard InChI is InChI=1S/C10H8ClN5O2.C4H8O2/c11-6-1-3-7(4-2-6)14-10-13-5-8(16(17)18)9(12)15-10;1-2-3-4(5)6/h1-5H,(H3,12,13,14,15);2-3H2,1H3,(H,5,6). The van der Waals surface area contributed by atoms with Gasteiger partial charge in [0.1, 0.15) is 6.20 Å². The lowest BCUT2D eigenvalue weighted by molar-refractivity contribution is -0.384. The lowest BCUT2D eigenvalue weighted by Gasteiger charge is -2.05. The number of hydrogen-bond donors (Lipinski definition) is 3. The Morgan fingerprint density at radius 2 is 2.04 bits per heavy atom. The first-order chi connectivity index (χ1) is 11.3. The molecule has 0 unspecified atom stereocenters. The van der Waals surface area contributed by atoms with Crippen LogP contribution in [0.3, 0.4) is 0 Å². The Morgan fingerprint density at radius 1 is 1.42 bits per heavy atom. The lowest BCUT2D eigenvalue weighted by atomic mass is 10.3. The van der Waals surface area contributed by atoms with E-state index in [1.54, 1.807) is 24.3 Å². The maximum Gasteiger partial charge on any atom is 0.329 e. The molecule has 2 aromatic rings. The second-order valence-corrected chi connectivity index (χ2v) is 4.93. The molecule has 1 aromatic carbocycles. The number of aromatic nitrogens is 2. The summed E-state index contributed by atoms with van der Waals surface area (Å²) in [7, 11) is 0. The highest BCUT2D eigenvalue weighted by Crippen LogP contribution is 2.21. The molecule has 9 nitrogen and oxygen atoms in total. The molecule has 0 amide bonds. The molecule has 10 heteroatoms. The summed E-state index contributed by atoms with van der Waals surface area (Å²) in [5.74, 6) is -0.718. The van der Waals surface area contributed by atoms with E-state index in [-0.39, 0.29) is 17.5 Å². The van der Waals surface area contributed by atoms with Gasteiger partial charge in [0.2, 0.25) is 11.8 Å². The number of carbonyl (C=O) groups is 1. The minimum Gasteiger partial charge on any atom is -0.481 e. The molecule has 0 fully saturated rings. The Hall–Kier alpha value is -2.94. The number of halogens is 1. The first-order valence-corrected chi connectivity index (χ1v) is 7.22. The highest BCUT2D eigenvalue weighted by atomic mass is 35.5. The van der Waals surface area contributed by atoms with Crippen LogP contribution in [0.5, 0.6) is 0 Å². The first-order valence-electron chi connectivity index (χ1n) is 6.84. The fraction of sp³-hybridized carbons (Fsp3) is 0.214. The van der Waals surface area contributed by atoms with Crippen LogP contribution in [-0.2, 0) is 4.79 Å². The smallest absolute Gasteiger partial charge is 0.329 e. The number of rotatable bonds is 5. The fourth-order valence-corrected chi connectivity index (χ4v) is 1.59. The van der Waals surface area contributed by atoms with Gasteiger partial charge in [-0.1, -0.05) is 18.5 Å². The van der Waals surface area contributed by atoms with E-state index in [0.29, 0.717) is 17.1 Å². The highest BCUT2D eigenvalue weighted by Gasteiger charge is 2.14. The molecular formula is C14H16ClN5O4. The van der Waals surface area contributed by atoms with Gasteiger partial charge in [0.15, 0.2) is 0 Å². The highest BCUT2D eigenvalue weighted by molar-refractivity contribution is 6.30. The lowest BCUT2D eigenvalue weighted by Crippen LogP contribution is -2.03. The number of nitrogens with zero attached hydrogens (tertiary/aromatic N) is 3. The molecule has 0 bridgehead atoms. The van der Waals surface area contributed by atoms with E-state index in [0.717, 1.165) is 12.6 Å². The normalized spacial score (nSPS) is 9.58. The van der Waals surface area contributed by atoms with Crippen molar-refractivity contribution in [1.82, 2.24) is 9.97 Å². The van der Waals surface area contributed by atoms with Crippen molar-refractivity contribution in [3.8, 4) is 0 Å². The number of nitrogen functional groups attached to an aromatic ring is 1. The van der Waals surface area contributed by atoms with E-state index in [1.807, 2.05) is 6.92 Å². The maximum atomic E-state index is 10.5. The number of nitro groups is 1. The Kier molecular flexibility index (Phi) is 7.37. The number of benzene rings is 1. The number of carboxylic acid groups (broad SMARTS) is 1. The summed E-state index contributed by atoms with van der Waals surface area (Å²) >= 11 is 5.74. The third kappa shape index (κ3) is 6.44. The van der Waals surface area contributed by atoms with Gasteiger partial charge in [-0.05, 0) is 30.7 Å². The predicted molar refractivity (Wildman–Crippen MR) is 90.4 cm³/mol. The number of hydrogen-bond acceptors (Lipinski definition) is 7. The molecule has 0 spiro atoms. The van der Waals surface area contributed by atoms with Crippen LogP contribution in [0.4, 0.5) is 23.1 Å². The number of anilines is 3. The molecule has 128 valence electrons. The van der Waals surface area contributed by atoms with E-state index >= 15 is 0 Å². The van der Waals surface area contributed by atoms with Gasteiger partial charge in [-0.3, -0.25) is 14.9 Å². The summed E-state index contributed by atoms with van der Waals surface area (Å²) in [6.45, 7) is 1.84. The molecule has 0 saturated heterocycles. The Morgan fingerprint density at radius 3 is 2.46 bits per heavy atom. The zero-order chi connectivity index (χ0) is 18.1. The first kappa shape index (κ1) is 19.1.